The van der Waals surface area contributed by atoms with Gasteiger partial charge in [-0.05, 0) is 60.9 Å². The number of ether oxygens (including phenoxy) is 3. The topological polar surface area (TPSA) is 61.8 Å². The molecule has 3 aromatic carbocycles. The molecule has 0 aliphatic carbocycles. The van der Waals surface area contributed by atoms with E-state index in [9.17, 15) is 22.8 Å². The van der Waals surface area contributed by atoms with Crippen LogP contribution in [0, 0.1) is 0 Å². The van der Waals surface area contributed by atoms with Crippen LogP contribution in [0.5, 0.6) is 11.5 Å². The molecule has 36 heavy (non-hydrogen) atoms. The summed E-state index contributed by atoms with van der Waals surface area (Å²) in [5.41, 5.74) is -0.586. The van der Waals surface area contributed by atoms with Crippen LogP contribution in [0.25, 0.3) is 10.8 Å². The van der Waals surface area contributed by atoms with Crippen molar-refractivity contribution in [1.82, 2.24) is 0 Å². The van der Waals surface area contributed by atoms with Crippen LogP contribution in [0.15, 0.2) is 72.8 Å². The van der Waals surface area contributed by atoms with E-state index in [0.717, 1.165) is 10.8 Å². The van der Waals surface area contributed by atoms with Crippen LogP contribution in [-0.2, 0) is 15.1 Å². The van der Waals surface area contributed by atoms with Gasteiger partial charge < -0.3 is 14.2 Å². The van der Waals surface area contributed by atoms with Crippen LogP contribution in [0.2, 0.25) is 0 Å². The Bertz CT molecular complexity index is 1310. The smallest absolute Gasteiger partial charge is 0.389 e. The maximum Gasteiger partial charge on any atom is 0.389 e. The van der Waals surface area contributed by atoms with E-state index in [0.29, 0.717) is 22.6 Å². The summed E-state index contributed by atoms with van der Waals surface area (Å²) in [5, 5.41) is 1.86. The quantitative estimate of drug-likeness (QED) is 0.262. The molecule has 0 saturated heterocycles. The van der Waals surface area contributed by atoms with Crippen LogP contribution in [0.1, 0.15) is 49.0 Å². The number of rotatable bonds is 7. The minimum atomic E-state index is -4.41. The van der Waals surface area contributed by atoms with Gasteiger partial charge in [-0.1, -0.05) is 43.0 Å². The monoisotopic (exact) mass is 498 g/mol. The third-order valence-corrected chi connectivity index (χ3v) is 6.04. The molecule has 3 aromatic rings. The molecular weight excluding hydrogens is 473 g/mol. The molecule has 5 nitrogen and oxygen atoms in total. The SMILES string of the molecule is C=C(C)C(=O)OC(C)(CCC(F)(F)F)c1ccc(OC2CC(=O)c3cc4ccccc4cc3O2)cc1. The highest BCUT2D eigenvalue weighted by Gasteiger charge is 2.37. The third kappa shape index (κ3) is 5.70. The summed E-state index contributed by atoms with van der Waals surface area (Å²) in [6.45, 7) is 6.36. The van der Waals surface area contributed by atoms with Gasteiger partial charge in [0.1, 0.15) is 17.1 Å². The lowest BCUT2D eigenvalue weighted by Gasteiger charge is -2.31. The predicted molar refractivity (Wildman–Crippen MR) is 128 cm³/mol. The molecule has 1 aliphatic rings. The molecule has 1 heterocycles. The van der Waals surface area contributed by atoms with Gasteiger partial charge in [-0.15, -0.1) is 0 Å². The molecule has 2 unspecified atom stereocenters. The number of carbonyl (C=O) groups is 2. The van der Waals surface area contributed by atoms with Crippen molar-refractivity contribution in [3.63, 3.8) is 0 Å². The summed E-state index contributed by atoms with van der Waals surface area (Å²) < 4.78 is 56.0. The number of esters is 1. The van der Waals surface area contributed by atoms with Crippen molar-refractivity contribution in [3.8, 4) is 11.5 Å². The lowest BCUT2D eigenvalue weighted by Crippen LogP contribution is -2.32. The van der Waals surface area contributed by atoms with E-state index in [1.54, 1.807) is 24.3 Å². The minimum Gasteiger partial charge on any atom is -0.454 e. The maximum atomic E-state index is 12.9. The Morgan fingerprint density at radius 3 is 2.31 bits per heavy atom. The number of hydrogen-bond acceptors (Lipinski definition) is 5. The van der Waals surface area contributed by atoms with Crippen LogP contribution < -0.4 is 9.47 Å². The fourth-order valence-electron chi connectivity index (χ4n) is 4.01. The standard InChI is InChI=1S/C28H25F3O5/c1-17(2)26(33)36-27(3,12-13-28(29,30)31)20-8-10-21(11-9-20)34-25-16-23(32)22-14-18-6-4-5-7-19(18)15-24(22)35-25/h4-11,14-15,25H,1,12-13,16H2,2-3H3. The first kappa shape index (κ1) is 25.3. The molecule has 4 rings (SSSR count). The summed E-state index contributed by atoms with van der Waals surface area (Å²) in [4.78, 5) is 24.8. The van der Waals surface area contributed by atoms with E-state index in [2.05, 4.69) is 6.58 Å². The fourth-order valence-corrected chi connectivity index (χ4v) is 4.01. The van der Waals surface area contributed by atoms with Crippen molar-refractivity contribution in [3.05, 3.63) is 83.9 Å². The number of hydrogen-bond donors (Lipinski definition) is 0. The van der Waals surface area contributed by atoms with Crippen molar-refractivity contribution in [1.29, 1.82) is 0 Å². The van der Waals surface area contributed by atoms with Crippen LogP contribution >= 0.6 is 0 Å². The first-order valence-corrected chi connectivity index (χ1v) is 11.4. The number of halogens is 3. The Kier molecular flexibility index (Phi) is 6.80. The van der Waals surface area contributed by atoms with Gasteiger partial charge in [0.2, 0.25) is 6.29 Å². The zero-order valence-electron chi connectivity index (χ0n) is 19.9. The molecule has 188 valence electrons. The Hall–Kier alpha value is -3.81. The van der Waals surface area contributed by atoms with E-state index in [4.69, 9.17) is 14.2 Å². The molecule has 0 aromatic heterocycles. The predicted octanol–water partition coefficient (Wildman–Crippen LogP) is 6.89. The van der Waals surface area contributed by atoms with Gasteiger partial charge in [-0.2, -0.15) is 13.2 Å². The molecule has 0 spiro atoms. The highest BCUT2D eigenvalue weighted by atomic mass is 19.4. The summed E-state index contributed by atoms with van der Waals surface area (Å²) >= 11 is 0. The van der Waals surface area contributed by atoms with Gasteiger partial charge >= 0.3 is 12.1 Å². The summed E-state index contributed by atoms with van der Waals surface area (Å²) in [5.74, 6) is -0.112. The normalized spacial score (nSPS) is 17.0. The fraction of sp³-hybridized carbons (Fsp3) is 0.286. The Morgan fingerprint density at radius 1 is 1.06 bits per heavy atom. The van der Waals surface area contributed by atoms with Crippen LogP contribution in [-0.4, -0.2) is 24.2 Å². The molecule has 2 atom stereocenters. The van der Waals surface area contributed by atoms with E-state index in [1.807, 2.05) is 24.3 Å². The average molecular weight is 498 g/mol. The zero-order valence-corrected chi connectivity index (χ0v) is 19.9. The van der Waals surface area contributed by atoms with Gasteiger partial charge in [0.25, 0.3) is 0 Å². The number of ketones is 1. The minimum absolute atomic E-state index is 0.00656. The number of benzene rings is 3. The van der Waals surface area contributed by atoms with E-state index < -0.39 is 36.9 Å². The van der Waals surface area contributed by atoms with Crippen molar-refractivity contribution >= 4 is 22.5 Å². The molecule has 8 heteroatoms. The Balaban J connectivity index is 1.51. The molecule has 1 aliphatic heterocycles. The second-order valence-electron chi connectivity index (χ2n) is 9.03. The van der Waals surface area contributed by atoms with Gasteiger partial charge in [0.05, 0.1) is 12.0 Å². The summed E-state index contributed by atoms with van der Waals surface area (Å²) in [6.07, 6.45) is -6.85. The molecule has 0 fully saturated rings. The van der Waals surface area contributed by atoms with E-state index in [1.165, 1.54) is 26.0 Å². The maximum absolute atomic E-state index is 12.9. The third-order valence-electron chi connectivity index (χ3n) is 6.04. The number of fused-ring (bicyclic) bond motifs is 2. The van der Waals surface area contributed by atoms with E-state index >= 15 is 0 Å². The highest BCUT2D eigenvalue weighted by Crippen LogP contribution is 2.37. The van der Waals surface area contributed by atoms with Crippen molar-refractivity contribution in [2.24, 2.45) is 0 Å². The van der Waals surface area contributed by atoms with Crippen molar-refractivity contribution in [2.75, 3.05) is 0 Å². The number of alkyl halides is 3. The molecule has 0 N–H and O–H groups in total. The summed E-state index contributed by atoms with van der Waals surface area (Å²) in [6, 6.07) is 17.4. The molecule has 0 amide bonds. The lowest BCUT2D eigenvalue weighted by molar-refractivity contribution is -0.167. The van der Waals surface area contributed by atoms with Gasteiger partial charge in [-0.3, -0.25) is 4.79 Å². The molecule has 0 radical (unpaired) electrons. The summed E-state index contributed by atoms with van der Waals surface area (Å²) in [7, 11) is 0. The van der Waals surface area contributed by atoms with Gasteiger partial charge in [-0.25, -0.2) is 4.79 Å². The largest absolute Gasteiger partial charge is 0.454 e. The van der Waals surface area contributed by atoms with Crippen molar-refractivity contribution < 1.29 is 37.0 Å². The highest BCUT2D eigenvalue weighted by molar-refractivity contribution is 6.03. The zero-order chi connectivity index (χ0) is 26.1. The first-order chi connectivity index (χ1) is 16.9. The van der Waals surface area contributed by atoms with Gasteiger partial charge in [0, 0.05) is 12.0 Å². The Morgan fingerprint density at radius 2 is 1.69 bits per heavy atom. The first-order valence-electron chi connectivity index (χ1n) is 11.4. The van der Waals surface area contributed by atoms with Crippen LogP contribution in [0.4, 0.5) is 13.2 Å². The average Bonchev–Trinajstić information content (AvgIpc) is 2.82. The van der Waals surface area contributed by atoms with E-state index in [-0.39, 0.29) is 17.8 Å². The second kappa shape index (κ2) is 9.68. The molecule has 0 saturated carbocycles. The lowest BCUT2D eigenvalue weighted by atomic mass is 9.90. The molecular formula is C28H25F3O5. The van der Waals surface area contributed by atoms with Crippen molar-refractivity contribution in [2.45, 2.75) is 51.2 Å². The number of Topliss-reactive ketones (excluding diaryl/α,β-unsaturated/α-hetero) is 1. The Labute approximate surface area is 206 Å². The molecule has 0 bridgehead atoms. The van der Waals surface area contributed by atoms with Gasteiger partial charge in [0.15, 0.2) is 5.78 Å². The number of carbonyl (C=O) groups excluding carboxylic acids is 2. The van der Waals surface area contributed by atoms with Crippen LogP contribution in [0.3, 0.4) is 0 Å². The second-order valence-corrected chi connectivity index (χ2v) is 9.03.